The average Bonchev–Trinajstić information content (AvgIpc) is 2.90. The maximum atomic E-state index is 12.6. The van der Waals surface area contributed by atoms with Gasteiger partial charge in [0.05, 0.1) is 22.2 Å². The second kappa shape index (κ2) is 12.0. The highest BCUT2D eigenvalue weighted by Crippen LogP contribution is 2.32. The molecule has 1 atom stereocenters. The van der Waals surface area contributed by atoms with Crippen LogP contribution in [0, 0.1) is 0 Å². The molecular formula is C30H35NO5. The van der Waals surface area contributed by atoms with Crippen LogP contribution in [0.15, 0.2) is 91.0 Å². The third-order valence-electron chi connectivity index (χ3n) is 5.76. The van der Waals surface area contributed by atoms with Crippen LogP contribution in [0.1, 0.15) is 67.0 Å². The summed E-state index contributed by atoms with van der Waals surface area (Å²) in [4.78, 5) is 31.7. The first-order valence-corrected chi connectivity index (χ1v) is 12.1. The highest BCUT2D eigenvalue weighted by atomic mass is 16.7. The van der Waals surface area contributed by atoms with Gasteiger partial charge < -0.3 is 9.47 Å². The molecule has 0 heterocycles. The van der Waals surface area contributed by atoms with Crippen LogP contribution in [-0.2, 0) is 14.3 Å². The van der Waals surface area contributed by atoms with Crippen LogP contribution in [0.5, 0.6) is 0 Å². The fourth-order valence-electron chi connectivity index (χ4n) is 3.96. The number of esters is 2. The van der Waals surface area contributed by atoms with Crippen molar-refractivity contribution in [3.8, 4) is 0 Å². The van der Waals surface area contributed by atoms with E-state index >= 15 is 0 Å². The van der Waals surface area contributed by atoms with E-state index in [0.29, 0.717) is 11.1 Å². The highest BCUT2D eigenvalue weighted by molar-refractivity contribution is 5.89. The normalized spacial score (nSPS) is 12.7. The number of ether oxygens (including phenoxy) is 2. The summed E-state index contributed by atoms with van der Waals surface area (Å²) >= 11 is 0. The molecule has 36 heavy (non-hydrogen) atoms. The third-order valence-corrected chi connectivity index (χ3v) is 5.76. The molecule has 0 radical (unpaired) electrons. The number of carbonyl (C=O) groups is 2. The molecule has 0 amide bonds. The van der Waals surface area contributed by atoms with Gasteiger partial charge in [-0.15, -0.1) is 0 Å². The average molecular weight is 490 g/mol. The van der Waals surface area contributed by atoms with Crippen molar-refractivity contribution >= 4 is 11.9 Å². The minimum atomic E-state index is -0.754. The lowest BCUT2D eigenvalue weighted by atomic mass is 9.97. The maximum absolute atomic E-state index is 12.6. The van der Waals surface area contributed by atoms with Crippen molar-refractivity contribution < 1.29 is 23.9 Å². The van der Waals surface area contributed by atoms with Crippen LogP contribution in [0.2, 0.25) is 0 Å². The van der Waals surface area contributed by atoms with Crippen molar-refractivity contribution in [1.29, 1.82) is 0 Å². The van der Waals surface area contributed by atoms with Gasteiger partial charge in [-0.2, -0.15) is 5.06 Å². The number of nitrogens with zero attached hydrogens (tertiary/aromatic N) is 1. The molecule has 6 heteroatoms. The van der Waals surface area contributed by atoms with Crippen molar-refractivity contribution in [3.05, 3.63) is 108 Å². The van der Waals surface area contributed by atoms with Crippen LogP contribution in [0.4, 0.5) is 0 Å². The predicted octanol–water partition coefficient (Wildman–Crippen LogP) is 6.25. The molecule has 0 aliphatic rings. The van der Waals surface area contributed by atoms with Gasteiger partial charge in [0.1, 0.15) is 19.3 Å². The summed E-state index contributed by atoms with van der Waals surface area (Å²) in [5.41, 5.74) is 0.451. The number of rotatable bonds is 11. The number of hydroxylamine groups is 2. The van der Waals surface area contributed by atoms with Crippen molar-refractivity contribution in [2.24, 2.45) is 0 Å². The molecule has 3 aromatic carbocycles. The van der Waals surface area contributed by atoms with E-state index in [0.717, 1.165) is 5.56 Å². The molecule has 3 aromatic rings. The van der Waals surface area contributed by atoms with Gasteiger partial charge in [-0.25, -0.2) is 9.59 Å². The third kappa shape index (κ3) is 7.26. The maximum Gasteiger partial charge on any atom is 0.338 e. The Kier molecular flexibility index (Phi) is 9.02. The van der Waals surface area contributed by atoms with E-state index in [1.807, 2.05) is 77.1 Å². The minimum Gasteiger partial charge on any atom is -0.460 e. The predicted molar refractivity (Wildman–Crippen MR) is 139 cm³/mol. The second-order valence-electron chi connectivity index (χ2n) is 9.96. The van der Waals surface area contributed by atoms with E-state index in [1.54, 1.807) is 53.6 Å². The molecule has 0 aliphatic carbocycles. The Labute approximate surface area is 213 Å². The lowest BCUT2D eigenvalue weighted by molar-refractivity contribution is -0.300. The first kappa shape index (κ1) is 27.1. The zero-order chi connectivity index (χ0) is 26.2. The van der Waals surface area contributed by atoms with Crippen LogP contribution in [-0.4, -0.2) is 41.3 Å². The molecule has 1 unspecified atom stereocenters. The van der Waals surface area contributed by atoms with Crippen molar-refractivity contribution in [1.82, 2.24) is 5.06 Å². The molecule has 0 saturated heterocycles. The molecule has 0 aromatic heterocycles. The molecule has 0 aliphatic heterocycles. The lowest BCUT2D eigenvalue weighted by Crippen LogP contribution is -2.59. The second-order valence-corrected chi connectivity index (χ2v) is 9.96. The van der Waals surface area contributed by atoms with Crippen molar-refractivity contribution in [3.63, 3.8) is 0 Å². The molecule has 190 valence electrons. The van der Waals surface area contributed by atoms with Gasteiger partial charge in [-0.05, 0) is 64.4 Å². The first-order chi connectivity index (χ1) is 17.1. The molecule has 3 rings (SSSR count). The summed E-state index contributed by atoms with van der Waals surface area (Å²) in [6, 6.07) is 27.6. The smallest absolute Gasteiger partial charge is 0.338 e. The summed E-state index contributed by atoms with van der Waals surface area (Å²) < 4.78 is 11.4. The van der Waals surface area contributed by atoms with Crippen LogP contribution < -0.4 is 0 Å². The Morgan fingerprint density at radius 2 is 1.03 bits per heavy atom. The van der Waals surface area contributed by atoms with E-state index in [-0.39, 0.29) is 19.3 Å². The van der Waals surface area contributed by atoms with Gasteiger partial charge in [0.2, 0.25) is 0 Å². The zero-order valence-corrected chi connectivity index (χ0v) is 21.6. The van der Waals surface area contributed by atoms with Gasteiger partial charge in [-0.1, -0.05) is 66.7 Å². The summed E-state index contributed by atoms with van der Waals surface area (Å²) in [7, 11) is 0. The Morgan fingerprint density at radius 1 is 0.667 bits per heavy atom. The fraction of sp³-hybridized carbons (Fsp3) is 0.333. The summed E-state index contributed by atoms with van der Waals surface area (Å²) in [5.74, 6) is -0.818. The summed E-state index contributed by atoms with van der Waals surface area (Å²) in [5, 5.41) is 1.79. The van der Waals surface area contributed by atoms with Gasteiger partial charge in [0.15, 0.2) is 0 Å². The topological polar surface area (TPSA) is 65.1 Å². The van der Waals surface area contributed by atoms with Gasteiger partial charge in [-0.3, -0.25) is 4.84 Å². The fourth-order valence-corrected chi connectivity index (χ4v) is 3.96. The number of hydrogen-bond donors (Lipinski definition) is 0. The largest absolute Gasteiger partial charge is 0.460 e. The number of carbonyl (C=O) groups excluding carboxylic acids is 2. The van der Waals surface area contributed by atoms with Crippen LogP contribution >= 0.6 is 0 Å². The molecule has 6 nitrogen and oxygen atoms in total. The van der Waals surface area contributed by atoms with E-state index in [9.17, 15) is 9.59 Å². The monoisotopic (exact) mass is 489 g/mol. The molecule has 0 spiro atoms. The number of hydrogen-bond acceptors (Lipinski definition) is 6. The number of benzene rings is 3. The highest BCUT2D eigenvalue weighted by Gasteiger charge is 2.42. The Hall–Kier alpha value is -3.48. The van der Waals surface area contributed by atoms with Crippen molar-refractivity contribution in [2.45, 2.75) is 51.8 Å². The van der Waals surface area contributed by atoms with Crippen LogP contribution in [0.25, 0.3) is 0 Å². The van der Waals surface area contributed by atoms with Gasteiger partial charge >= 0.3 is 11.9 Å². The summed E-state index contributed by atoms with van der Waals surface area (Å²) in [6.45, 7) is 9.83. The molecular weight excluding hydrogens is 454 g/mol. The van der Waals surface area contributed by atoms with Gasteiger partial charge in [0.25, 0.3) is 0 Å². The van der Waals surface area contributed by atoms with E-state index < -0.39 is 23.0 Å². The van der Waals surface area contributed by atoms with Gasteiger partial charge in [0, 0.05) is 0 Å². The minimum absolute atomic E-state index is 0.0678. The van der Waals surface area contributed by atoms with Crippen molar-refractivity contribution in [2.75, 3.05) is 13.2 Å². The molecule has 0 N–H and O–H groups in total. The first-order valence-electron chi connectivity index (χ1n) is 12.1. The Bertz CT molecular complexity index is 1050. The molecule has 0 bridgehead atoms. The molecule has 0 saturated carbocycles. The lowest BCUT2D eigenvalue weighted by Gasteiger charge is -2.47. The molecule has 0 fully saturated rings. The van der Waals surface area contributed by atoms with E-state index in [1.165, 1.54) is 0 Å². The Balaban J connectivity index is 1.78. The van der Waals surface area contributed by atoms with E-state index in [2.05, 4.69) is 0 Å². The van der Waals surface area contributed by atoms with E-state index in [4.69, 9.17) is 14.3 Å². The standard InChI is InChI=1S/C30H35NO5/c1-23(24-15-9-6-10-16-24)36-31(29(2,3)21-34-27(32)25-17-11-7-12-18-25)30(4,5)22-35-28(33)26-19-13-8-14-20-26/h6-20,23H,21-22H2,1-5H3. The van der Waals surface area contributed by atoms with Crippen LogP contribution in [0.3, 0.4) is 0 Å². The SMILES string of the molecule is CC(ON(C(C)(C)COC(=O)c1ccccc1)C(C)(C)COC(=O)c1ccccc1)c1ccccc1. The Morgan fingerprint density at radius 3 is 1.42 bits per heavy atom. The quantitative estimate of drug-likeness (QED) is 0.234. The zero-order valence-electron chi connectivity index (χ0n) is 21.6. The summed E-state index contributed by atoms with van der Waals surface area (Å²) in [6.07, 6.45) is -0.292.